The molecule has 40 heavy (non-hydrogen) atoms. The predicted octanol–water partition coefficient (Wildman–Crippen LogP) is 4.89. The highest BCUT2D eigenvalue weighted by molar-refractivity contribution is 5.97. The number of benzene rings is 2. The molecule has 4 aromatic rings. The van der Waals surface area contributed by atoms with Gasteiger partial charge in [-0.3, -0.25) is 9.59 Å². The van der Waals surface area contributed by atoms with Gasteiger partial charge in [0.05, 0.1) is 18.2 Å². The molecule has 1 saturated carbocycles. The molecule has 1 aliphatic heterocycles. The van der Waals surface area contributed by atoms with Crippen LogP contribution in [0.4, 0.5) is 5.69 Å². The second-order valence-electron chi connectivity index (χ2n) is 10.3. The first kappa shape index (κ1) is 25.3. The molecule has 2 aromatic heterocycles. The molecule has 1 aliphatic carbocycles. The van der Waals surface area contributed by atoms with Gasteiger partial charge >= 0.3 is 5.97 Å². The molecule has 2 atom stereocenters. The number of aromatic nitrogens is 3. The number of nitrogens with one attached hydrogen (secondary N) is 1. The molecule has 3 heterocycles. The lowest BCUT2D eigenvalue weighted by Gasteiger charge is -2.27. The van der Waals surface area contributed by atoms with Crippen LogP contribution >= 0.6 is 0 Å². The van der Waals surface area contributed by atoms with Crippen molar-refractivity contribution in [2.75, 3.05) is 11.9 Å². The Morgan fingerprint density at radius 1 is 1.18 bits per heavy atom. The fraction of sp³-hybridized carbons (Fsp3) is 0.258. The summed E-state index contributed by atoms with van der Waals surface area (Å²) in [5.41, 5.74) is 4.50. The average molecular weight is 534 g/mol. The van der Waals surface area contributed by atoms with Crippen LogP contribution in [0.3, 0.4) is 0 Å². The average Bonchev–Trinajstić information content (AvgIpc) is 3.41. The van der Waals surface area contributed by atoms with Gasteiger partial charge in [-0.15, -0.1) is 0 Å². The number of nitriles is 1. The Bertz CT molecular complexity index is 1620. The number of pyridine rings is 1. The standard InChI is InChI=1S/C31H27N5O4/c32-18-20-5-6-21(3-1-4-29(37)38)26(15-20)35-30(39)25-17-31(25)11-14-40-27-9-7-22(16-24(27)31)23-8-10-28(33-19-23)36-13-2-12-34-36/h2,5-10,12-13,15-16,19,25H,1,3-4,11,14,17H2,(H,35,39)(H,37,38)/t25-,31-/m0/s1. The molecule has 1 amide bonds. The normalized spacial score (nSPS) is 18.8. The van der Waals surface area contributed by atoms with Crippen LogP contribution < -0.4 is 10.1 Å². The summed E-state index contributed by atoms with van der Waals surface area (Å²) >= 11 is 0. The second kappa shape index (κ2) is 10.3. The minimum Gasteiger partial charge on any atom is -0.493 e. The van der Waals surface area contributed by atoms with Crippen LogP contribution in [0, 0.1) is 17.2 Å². The second-order valence-corrected chi connectivity index (χ2v) is 10.3. The third-order valence-electron chi connectivity index (χ3n) is 7.87. The van der Waals surface area contributed by atoms with Crippen molar-refractivity contribution in [3.8, 4) is 28.8 Å². The minimum absolute atomic E-state index is 0.0414. The number of carbonyl (C=O) groups excluding carboxylic acids is 1. The number of carbonyl (C=O) groups is 2. The first-order chi connectivity index (χ1) is 19.5. The van der Waals surface area contributed by atoms with E-state index in [2.05, 4.69) is 27.5 Å². The van der Waals surface area contributed by atoms with E-state index in [1.807, 2.05) is 42.7 Å². The van der Waals surface area contributed by atoms with Crippen LogP contribution in [0.15, 0.2) is 73.2 Å². The van der Waals surface area contributed by atoms with E-state index >= 15 is 0 Å². The number of carboxylic acid groups (broad SMARTS) is 1. The Kier molecular flexibility index (Phi) is 6.52. The number of amides is 1. The van der Waals surface area contributed by atoms with Crippen LogP contribution in [-0.2, 0) is 21.4 Å². The highest BCUT2D eigenvalue weighted by Crippen LogP contribution is 2.61. The van der Waals surface area contributed by atoms with Crippen molar-refractivity contribution >= 4 is 17.6 Å². The maximum atomic E-state index is 13.5. The SMILES string of the molecule is N#Cc1ccc(CCCC(=O)O)c(NC(=O)[C@@H]2C[C@]23CCOc2ccc(-c4ccc(-n5cccn5)nc4)cc23)c1. The van der Waals surface area contributed by atoms with Crippen molar-refractivity contribution in [3.05, 3.63) is 89.9 Å². The highest BCUT2D eigenvalue weighted by Gasteiger charge is 2.61. The maximum Gasteiger partial charge on any atom is 0.303 e. The molecule has 0 radical (unpaired) electrons. The fourth-order valence-electron chi connectivity index (χ4n) is 5.65. The fourth-order valence-corrected chi connectivity index (χ4v) is 5.65. The van der Waals surface area contributed by atoms with Gasteiger partial charge < -0.3 is 15.2 Å². The summed E-state index contributed by atoms with van der Waals surface area (Å²) in [5.74, 6) is 0.336. The largest absolute Gasteiger partial charge is 0.493 e. The zero-order valence-corrected chi connectivity index (χ0v) is 21.7. The lowest BCUT2D eigenvalue weighted by molar-refractivity contribution is -0.137. The van der Waals surface area contributed by atoms with Crippen molar-refractivity contribution in [1.82, 2.24) is 14.8 Å². The Balaban J connectivity index is 1.23. The number of rotatable bonds is 8. The molecule has 200 valence electrons. The van der Waals surface area contributed by atoms with Gasteiger partial charge in [-0.25, -0.2) is 9.67 Å². The number of hydrogen-bond donors (Lipinski definition) is 2. The number of hydrogen-bond acceptors (Lipinski definition) is 6. The van der Waals surface area contributed by atoms with E-state index in [1.165, 1.54) is 0 Å². The summed E-state index contributed by atoms with van der Waals surface area (Å²) in [6.07, 6.45) is 7.81. The zero-order chi connectivity index (χ0) is 27.7. The first-order valence-corrected chi connectivity index (χ1v) is 13.3. The van der Waals surface area contributed by atoms with E-state index in [4.69, 9.17) is 9.84 Å². The molecule has 9 heteroatoms. The van der Waals surface area contributed by atoms with Gasteiger partial charge in [-0.1, -0.05) is 12.1 Å². The number of anilines is 1. The zero-order valence-electron chi connectivity index (χ0n) is 21.7. The number of fused-ring (bicyclic) bond motifs is 2. The van der Waals surface area contributed by atoms with Gasteiger partial charge in [-0.05, 0) is 79.3 Å². The molecular weight excluding hydrogens is 506 g/mol. The Hall–Kier alpha value is -4.97. The van der Waals surface area contributed by atoms with Gasteiger partial charge in [0.2, 0.25) is 5.91 Å². The molecule has 1 spiro atoms. The molecule has 0 bridgehead atoms. The monoisotopic (exact) mass is 533 g/mol. The smallest absolute Gasteiger partial charge is 0.303 e. The Morgan fingerprint density at radius 3 is 2.80 bits per heavy atom. The van der Waals surface area contributed by atoms with Crippen molar-refractivity contribution in [3.63, 3.8) is 0 Å². The van der Waals surface area contributed by atoms with Crippen LogP contribution in [0.25, 0.3) is 16.9 Å². The molecule has 1 fully saturated rings. The van der Waals surface area contributed by atoms with Gasteiger partial charge in [0, 0.05) is 53.2 Å². The molecule has 6 rings (SSSR count). The number of nitrogens with zero attached hydrogens (tertiary/aromatic N) is 4. The topological polar surface area (TPSA) is 130 Å². The van der Waals surface area contributed by atoms with Crippen LogP contribution in [0.5, 0.6) is 5.75 Å². The molecule has 2 N–H and O–H groups in total. The summed E-state index contributed by atoms with van der Waals surface area (Å²) in [7, 11) is 0. The molecule has 2 aliphatic rings. The van der Waals surface area contributed by atoms with E-state index in [0.29, 0.717) is 37.1 Å². The molecule has 2 aromatic carbocycles. The van der Waals surface area contributed by atoms with E-state index in [0.717, 1.165) is 40.2 Å². The van der Waals surface area contributed by atoms with E-state index in [1.54, 1.807) is 29.1 Å². The first-order valence-electron chi connectivity index (χ1n) is 13.3. The van der Waals surface area contributed by atoms with Gasteiger partial charge in [0.15, 0.2) is 5.82 Å². The highest BCUT2D eigenvalue weighted by atomic mass is 16.5. The van der Waals surface area contributed by atoms with Crippen molar-refractivity contribution in [1.29, 1.82) is 5.26 Å². The van der Waals surface area contributed by atoms with Crippen LogP contribution in [-0.4, -0.2) is 38.4 Å². The predicted molar refractivity (Wildman–Crippen MR) is 147 cm³/mol. The summed E-state index contributed by atoms with van der Waals surface area (Å²) in [5, 5.41) is 25.7. The van der Waals surface area contributed by atoms with E-state index in [9.17, 15) is 14.9 Å². The number of aliphatic carboxylic acids is 1. The Labute approximate surface area is 231 Å². The Morgan fingerprint density at radius 2 is 2.05 bits per heavy atom. The number of carboxylic acids is 1. The quantitative estimate of drug-likeness (QED) is 0.330. The lowest BCUT2D eigenvalue weighted by atomic mass is 9.85. The molecular formula is C31H27N5O4. The van der Waals surface area contributed by atoms with Crippen LogP contribution in [0.1, 0.15) is 42.4 Å². The summed E-state index contributed by atoms with van der Waals surface area (Å²) in [6, 6.07) is 19.1. The van der Waals surface area contributed by atoms with E-state index in [-0.39, 0.29) is 23.7 Å². The van der Waals surface area contributed by atoms with Gasteiger partial charge in [-0.2, -0.15) is 10.4 Å². The molecule has 0 saturated heterocycles. The van der Waals surface area contributed by atoms with Crippen molar-refractivity contribution < 1.29 is 19.4 Å². The number of ether oxygens (including phenoxy) is 1. The van der Waals surface area contributed by atoms with Gasteiger partial charge in [0.1, 0.15) is 5.75 Å². The molecule has 9 nitrogen and oxygen atoms in total. The van der Waals surface area contributed by atoms with Crippen LogP contribution in [0.2, 0.25) is 0 Å². The maximum absolute atomic E-state index is 13.5. The molecule has 0 unspecified atom stereocenters. The minimum atomic E-state index is -0.860. The summed E-state index contributed by atoms with van der Waals surface area (Å²) < 4.78 is 7.68. The third kappa shape index (κ3) is 4.80. The summed E-state index contributed by atoms with van der Waals surface area (Å²) in [6.45, 7) is 0.542. The van der Waals surface area contributed by atoms with Gasteiger partial charge in [0.25, 0.3) is 0 Å². The summed E-state index contributed by atoms with van der Waals surface area (Å²) in [4.78, 5) is 29.1. The third-order valence-corrected chi connectivity index (χ3v) is 7.87. The number of aryl methyl sites for hydroxylation is 1. The van der Waals surface area contributed by atoms with E-state index < -0.39 is 5.97 Å². The lowest BCUT2D eigenvalue weighted by Crippen LogP contribution is -2.27. The van der Waals surface area contributed by atoms with Crippen molar-refractivity contribution in [2.45, 2.75) is 37.5 Å². The van der Waals surface area contributed by atoms with Crippen molar-refractivity contribution in [2.24, 2.45) is 5.92 Å².